The van der Waals surface area contributed by atoms with Crippen molar-refractivity contribution >= 4 is 17.6 Å². The Morgan fingerprint density at radius 1 is 0.791 bits per heavy atom. The van der Waals surface area contributed by atoms with Crippen molar-refractivity contribution in [1.82, 2.24) is 25.5 Å². The van der Waals surface area contributed by atoms with Gasteiger partial charge in [0.2, 0.25) is 5.95 Å². The number of piperazine rings is 1. The van der Waals surface area contributed by atoms with Crippen LogP contribution in [0.1, 0.15) is 63.5 Å². The molecule has 4 rings (SSSR count). The van der Waals surface area contributed by atoms with Crippen LogP contribution < -0.4 is 26.2 Å². The lowest BCUT2D eigenvalue weighted by Crippen LogP contribution is -2.47. The van der Waals surface area contributed by atoms with Crippen molar-refractivity contribution in [3.8, 4) is 0 Å². The van der Waals surface area contributed by atoms with Crippen LogP contribution in [0.15, 0.2) is 30.3 Å². The second-order valence-corrected chi connectivity index (χ2v) is 11.6. The number of nitrogens with zero attached hydrogens (tertiary/aromatic N) is 4. The van der Waals surface area contributed by atoms with Crippen molar-refractivity contribution in [3.05, 3.63) is 41.5 Å². The molecule has 1 saturated carbocycles. The summed E-state index contributed by atoms with van der Waals surface area (Å²) in [4.78, 5) is 14.5. The van der Waals surface area contributed by atoms with Crippen LogP contribution in [0.3, 0.4) is 0 Å². The lowest BCUT2D eigenvalue weighted by Gasteiger charge is -2.35. The van der Waals surface area contributed by atoms with Gasteiger partial charge in [0.1, 0.15) is 11.6 Å². The number of hydrogen-bond acceptors (Lipinski definition) is 10. The first-order valence-corrected chi connectivity index (χ1v) is 16.7. The largest absolute Gasteiger partial charge is 0.380 e. The van der Waals surface area contributed by atoms with Crippen molar-refractivity contribution in [2.75, 3.05) is 94.3 Å². The molecule has 4 N–H and O–H groups in total. The fraction of sp³-hybridized carbons (Fsp3) is 0.697. The molecule has 0 atom stereocenters. The molecule has 1 aromatic heterocycles. The maximum Gasteiger partial charge on any atom is 0.226 e. The first kappa shape index (κ1) is 33.4. The highest BCUT2D eigenvalue weighted by molar-refractivity contribution is 5.54. The Labute approximate surface area is 259 Å². The third-order valence-electron chi connectivity index (χ3n) is 8.29. The molecule has 2 fully saturated rings. The Balaban J connectivity index is 1.23. The summed E-state index contributed by atoms with van der Waals surface area (Å²) in [6.45, 7) is 16.3. The summed E-state index contributed by atoms with van der Waals surface area (Å²) in [5.74, 6) is 2.42. The second kappa shape index (κ2) is 19.7. The molecule has 2 aromatic rings. The molecule has 0 unspecified atom stereocenters. The first-order chi connectivity index (χ1) is 21.2. The van der Waals surface area contributed by atoms with Crippen LogP contribution in [-0.2, 0) is 22.6 Å². The number of anilines is 3. The molecule has 0 radical (unpaired) electrons. The van der Waals surface area contributed by atoms with E-state index in [2.05, 4.69) is 61.4 Å². The van der Waals surface area contributed by atoms with Gasteiger partial charge in [0.25, 0.3) is 0 Å². The van der Waals surface area contributed by atoms with Gasteiger partial charge in [0.15, 0.2) is 0 Å². The van der Waals surface area contributed by atoms with Crippen molar-refractivity contribution in [2.45, 2.75) is 71.5 Å². The average Bonchev–Trinajstić information content (AvgIpc) is 3.05. The van der Waals surface area contributed by atoms with Crippen molar-refractivity contribution < 1.29 is 9.47 Å². The molecule has 1 aliphatic carbocycles. The molecule has 1 saturated heterocycles. The molecule has 1 aromatic carbocycles. The van der Waals surface area contributed by atoms with E-state index in [0.29, 0.717) is 32.3 Å². The molecular formula is C33H56N8O2. The van der Waals surface area contributed by atoms with E-state index >= 15 is 0 Å². The van der Waals surface area contributed by atoms with E-state index in [4.69, 9.17) is 19.4 Å². The number of nitrogens with one attached hydrogen (secondary N) is 4. The minimum Gasteiger partial charge on any atom is -0.380 e. The van der Waals surface area contributed by atoms with Crippen LogP contribution in [0.25, 0.3) is 0 Å². The summed E-state index contributed by atoms with van der Waals surface area (Å²) in [5, 5.41) is 14.2. The van der Waals surface area contributed by atoms with Gasteiger partial charge < -0.3 is 35.6 Å². The van der Waals surface area contributed by atoms with E-state index in [0.717, 1.165) is 83.2 Å². The summed E-state index contributed by atoms with van der Waals surface area (Å²) in [7, 11) is 0. The first-order valence-electron chi connectivity index (χ1n) is 16.7. The van der Waals surface area contributed by atoms with E-state index in [-0.39, 0.29) is 0 Å². The fourth-order valence-electron chi connectivity index (χ4n) is 5.72. The van der Waals surface area contributed by atoms with Crippen molar-refractivity contribution in [1.29, 1.82) is 0 Å². The minimum absolute atomic E-state index is 0.641. The summed E-state index contributed by atoms with van der Waals surface area (Å²) < 4.78 is 11.1. The second-order valence-electron chi connectivity index (χ2n) is 11.6. The quantitative estimate of drug-likeness (QED) is 0.167. The van der Waals surface area contributed by atoms with E-state index in [1.807, 2.05) is 13.8 Å². The predicted molar refractivity (Wildman–Crippen MR) is 177 cm³/mol. The average molecular weight is 597 g/mol. The summed E-state index contributed by atoms with van der Waals surface area (Å²) in [5.41, 5.74) is 2.52. The molecule has 0 spiro atoms. The lowest BCUT2D eigenvalue weighted by atomic mass is 9.95. The Morgan fingerprint density at radius 2 is 1.51 bits per heavy atom. The van der Waals surface area contributed by atoms with Gasteiger partial charge in [-0.2, -0.15) is 9.97 Å². The third kappa shape index (κ3) is 12.6. The van der Waals surface area contributed by atoms with Gasteiger partial charge in [-0.1, -0.05) is 43.5 Å². The van der Waals surface area contributed by atoms with Crippen LogP contribution in [0.5, 0.6) is 0 Å². The van der Waals surface area contributed by atoms with E-state index < -0.39 is 0 Å². The Morgan fingerprint density at radius 3 is 2.26 bits per heavy atom. The van der Waals surface area contributed by atoms with Crippen LogP contribution in [0.4, 0.5) is 17.6 Å². The Hall–Kier alpha value is -2.50. The van der Waals surface area contributed by atoms with Crippen molar-refractivity contribution in [2.24, 2.45) is 0 Å². The highest BCUT2D eigenvalue weighted by Gasteiger charge is 2.19. The smallest absolute Gasteiger partial charge is 0.226 e. The molecule has 1 aliphatic heterocycles. The number of rotatable bonds is 20. The standard InChI is InChI=1S/C33H56N8O2/c1-3-42-23-17-36-31-25-32(41-20-18-40(19-21-41)22-24-43-4-2)39-33(38-31)37-27-29-13-11-28(12-14-29)26-34-15-8-16-35-30-9-6-5-7-10-30/h11-14,25,30,34-35H,3-10,15-24,26-27H2,1-2H3,(H2,36,37,38,39). The zero-order chi connectivity index (χ0) is 30.0. The monoisotopic (exact) mass is 596 g/mol. The van der Waals surface area contributed by atoms with Crippen molar-refractivity contribution in [3.63, 3.8) is 0 Å². The molecule has 240 valence electrons. The Bertz CT molecular complexity index is 1010. The normalized spacial score (nSPS) is 16.5. The van der Waals surface area contributed by atoms with Gasteiger partial charge in [0.05, 0.1) is 13.2 Å². The number of benzene rings is 1. The minimum atomic E-state index is 0.641. The number of aromatic nitrogens is 2. The molecule has 2 aliphatic rings. The zero-order valence-corrected chi connectivity index (χ0v) is 26.7. The van der Waals surface area contributed by atoms with Crippen LogP contribution in [0.2, 0.25) is 0 Å². The molecular weight excluding hydrogens is 540 g/mol. The van der Waals surface area contributed by atoms with Gasteiger partial charge >= 0.3 is 0 Å². The zero-order valence-electron chi connectivity index (χ0n) is 26.7. The summed E-state index contributed by atoms with van der Waals surface area (Å²) in [6, 6.07) is 11.6. The van der Waals surface area contributed by atoms with E-state index in [9.17, 15) is 0 Å². The molecule has 2 heterocycles. The van der Waals surface area contributed by atoms with Gasteiger partial charge in [0, 0.05) is 77.7 Å². The molecule has 0 amide bonds. The predicted octanol–water partition coefficient (Wildman–Crippen LogP) is 4.10. The highest BCUT2D eigenvalue weighted by Crippen LogP contribution is 2.21. The van der Waals surface area contributed by atoms with E-state index in [1.165, 1.54) is 49.7 Å². The molecule has 43 heavy (non-hydrogen) atoms. The molecule has 0 bridgehead atoms. The lowest BCUT2D eigenvalue weighted by molar-refractivity contribution is 0.111. The SMILES string of the molecule is CCOCCNc1cc(N2CCN(CCOCC)CC2)nc(NCc2ccc(CNCCCNC3CCCCC3)cc2)n1. The van der Waals surface area contributed by atoms with Gasteiger partial charge in [-0.3, -0.25) is 4.90 Å². The van der Waals surface area contributed by atoms with Crippen LogP contribution in [-0.4, -0.2) is 99.7 Å². The van der Waals surface area contributed by atoms with Crippen LogP contribution in [0, 0.1) is 0 Å². The summed E-state index contributed by atoms with van der Waals surface area (Å²) >= 11 is 0. The fourth-order valence-corrected chi connectivity index (χ4v) is 5.72. The number of hydrogen-bond donors (Lipinski definition) is 4. The van der Waals surface area contributed by atoms with Gasteiger partial charge in [-0.05, 0) is 57.3 Å². The maximum absolute atomic E-state index is 5.54. The molecule has 10 nitrogen and oxygen atoms in total. The number of ether oxygens (including phenoxy) is 2. The van der Waals surface area contributed by atoms with Gasteiger partial charge in [-0.25, -0.2) is 0 Å². The highest BCUT2D eigenvalue weighted by atomic mass is 16.5. The topological polar surface area (TPSA) is 98.8 Å². The molecule has 10 heteroatoms. The van der Waals surface area contributed by atoms with E-state index in [1.54, 1.807) is 0 Å². The Kier molecular flexibility index (Phi) is 15.3. The maximum atomic E-state index is 5.54. The van der Waals surface area contributed by atoms with Crippen LogP contribution >= 0.6 is 0 Å². The van der Waals surface area contributed by atoms with Gasteiger partial charge in [-0.15, -0.1) is 0 Å². The third-order valence-corrected chi connectivity index (χ3v) is 8.29. The summed E-state index contributed by atoms with van der Waals surface area (Å²) in [6.07, 6.45) is 8.07.